The van der Waals surface area contributed by atoms with Crippen molar-refractivity contribution in [3.05, 3.63) is 29.8 Å². The molecule has 1 aromatic rings. The lowest BCUT2D eigenvalue weighted by Gasteiger charge is -2.30. The Kier molecular flexibility index (Phi) is 5.02. The smallest absolute Gasteiger partial charge is 0.115 e. The number of phenolic OH excluding ortho intramolecular Hbond substituents is 1. The first-order chi connectivity index (χ1) is 8.79. The fraction of sp³-hybridized carbons (Fsp3) is 0.600. The van der Waals surface area contributed by atoms with Crippen molar-refractivity contribution in [2.45, 2.75) is 32.3 Å². The Morgan fingerprint density at radius 2 is 2.00 bits per heavy atom. The van der Waals surface area contributed by atoms with Gasteiger partial charge < -0.3 is 15.6 Å². The highest BCUT2D eigenvalue weighted by atomic mass is 16.5. The van der Waals surface area contributed by atoms with E-state index in [1.807, 2.05) is 12.1 Å². The third-order valence-corrected chi connectivity index (χ3v) is 3.88. The summed E-state index contributed by atoms with van der Waals surface area (Å²) in [6.07, 6.45) is 5.10. The minimum Gasteiger partial charge on any atom is -0.508 e. The van der Waals surface area contributed by atoms with Gasteiger partial charge in [-0.2, -0.15) is 0 Å². The van der Waals surface area contributed by atoms with Crippen LogP contribution in [0.15, 0.2) is 24.3 Å². The second-order valence-corrected chi connectivity index (χ2v) is 5.23. The molecule has 3 N–H and O–H groups in total. The molecule has 0 heterocycles. The fourth-order valence-corrected chi connectivity index (χ4v) is 2.79. The number of aromatic hydroxyl groups is 1. The summed E-state index contributed by atoms with van der Waals surface area (Å²) >= 11 is 0. The molecule has 2 unspecified atom stereocenters. The first-order valence-electron chi connectivity index (χ1n) is 6.85. The van der Waals surface area contributed by atoms with Crippen LogP contribution in [0.1, 0.15) is 31.2 Å². The maximum absolute atomic E-state index is 9.37. The average Bonchev–Trinajstić information content (AvgIpc) is 2.39. The minimum atomic E-state index is 0.300. The van der Waals surface area contributed by atoms with Crippen LogP contribution in [0.2, 0.25) is 0 Å². The molecule has 0 bridgehead atoms. The monoisotopic (exact) mass is 249 g/mol. The van der Waals surface area contributed by atoms with Gasteiger partial charge in [0.05, 0.1) is 13.2 Å². The molecule has 2 atom stereocenters. The summed E-state index contributed by atoms with van der Waals surface area (Å²) in [5.74, 6) is 1.54. The molecule has 0 aliphatic heterocycles. The highest BCUT2D eigenvalue weighted by Crippen LogP contribution is 2.29. The van der Waals surface area contributed by atoms with Gasteiger partial charge in [0.1, 0.15) is 5.75 Å². The number of hydrogen-bond donors (Lipinski definition) is 2. The molecule has 1 aliphatic rings. The lowest BCUT2D eigenvalue weighted by atomic mass is 9.80. The largest absolute Gasteiger partial charge is 0.508 e. The van der Waals surface area contributed by atoms with Gasteiger partial charge in [0, 0.05) is 0 Å². The molecule has 1 aliphatic carbocycles. The van der Waals surface area contributed by atoms with Gasteiger partial charge in [0.25, 0.3) is 0 Å². The lowest BCUT2D eigenvalue weighted by Crippen LogP contribution is -2.29. The molecule has 1 fully saturated rings. The zero-order chi connectivity index (χ0) is 12.8. The summed E-state index contributed by atoms with van der Waals surface area (Å²) in [6, 6.07) is 7.24. The van der Waals surface area contributed by atoms with E-state index in [-0.39, 0.29) is 0 Å². The number of benzene rings is 1. The van der Waals surface area contributed by atoms with Crippen molar-refractivity contribution in [3.8, 4) is 5.75 Å². The van der Waals surface area contributed by atoms with E-state index < -0.39 is 0 Å². The minimum absolute atomic E-state index is 0.300. The molecule has 1 aromatic carbocycles. The summed E-state index contributed by atoms with van der Waals surface area (Å²) in [5, 5.41) is 9.37. The number of ether oxygens (including phenoxy) is 1. The Morgan fingerprint density at radius 3 is 2.72 bits per heavy atom. The number of nitrogens with two attached hydrogens (primary N) is 1. The molecule has 100 valence electrons. The van der Waals surface area contributed by atoms with E-state index in [9.17, 15) is 5.11 Å². The van der Waals surface area contributed by atoms with Gasteiger partial charge in [0.15, 0.2) is 0 Å². The van der Waals surface area contributed by atoms with E-state index in [1.165, 1.54) is 25.7 Å². The van der Waals surface area contributed by atoms with Crippen molar-refractivity contribution in [1.29, 1.82) is 0 Å². The number of rotatable bonds is 5. The van der Waals surface area contributed by atoms with Crippen molar-refractivity contribution >= 4 is 0 Å². The van der Waals surface area contributed by atoms with Crippen molar-refractivity contribution in [3.63, 3.8) is 0 Å². The Morgan fingerprint density at radius 1 is 1.22 bits per heavy atom. The summed E-state index contributed by atoms with van der Waals surface area (Å²) in [7, 11) is 0. The second-order valence-electron chi connectivity index (χ2n) is 5.23. The highest BCUT2D eigenvalue weighted by molar-refractivity contribution is 5.26. The van der Waals surface area contributed by atoms with Crippen LogP contribution >= 0.6 is 0 Å². The van der Waals surface area contributed by atoms with E-state index in [0.717, 1.165) is 18.7 Å². The fourth-order valence-electron chi connectivity index (χ4n) is 2.79. The normalized spacial score (nSPS) is 24.1. The Balaban J connectivity index is 1.77. The third-order valence-electron chi connectivity index (χ3n) is 3.88. The topological polar surface area (TPSA) is 55.5 Å². The summed E-state index contributed by atoms with van der Waals surface area (Å²) < 4.78 is 5.78. The van der Waals surface area contributed by atoms with Gasteiger partial charge in [0.2, 0.25) is 0 Å². The van der Waals surface area contributed by atoms with Gasteiger partial charge in [-0.1, -0.05) is 25.0 Å². The summed E-state index contributed by atoms with van der Waals surface area (Å²) in [4.78, 5) is 0. The molecule has 18 heavy (non-hydrogen) atoms. The van der Waals surface area contributed by atoms with Gasteiger partial charge in [-0.15, -0.1) is 0 Å². The van der Waals surface area contributed by atoms with E-state index in [4.69, 9.17) is 10.5 Å². The molecule has 0 spiro atoms. The molecule has 1 saturated carbocycles. The third kappa shape index (κ3) is 3.72. The van der Waals surface area contributed by atoms with Gasteiger partial charge in [-0.05, 0) is 48.9 Å². The highest BCUT2D eigenvalue weighted by Gasteiger charge is 2.23. The predicted octanol–water partition coefficient (Wildman–Crippen LogP) is 2.67. The quantitative estimate of drug-likeness (QED) is 0.843. The van der Waals surface area contributed by atoms with E-state index >= 15 is 0 Å². The zero-order valence-corrected chi connectivity index (χ0v) is 10.8. The van der Waals surface area contributed by atoms with Crippen LogP contribution in [0.5, 0.6) is 5.75 Å². The van der Waals surface area contributed by atoms with E-state index in [1.54, 1.807) is 12.1 Å². The zero-order valence-electron chi connectivity index (χ0n) is 10.8. The van der Waals surface area contributed by atoms with Gasteiger partial charge in [-0.3, -0.25) is 0 Å². The SMILES string of the molecule is NCC1CCCCC1COCc1cccc(O)c1. The van der Waals surface area contributed by atoms with Crippen molar-refractivity contribution < 1.29 is 9.84 Å². The van der Waals surface area contributed by atoms with Gasteiger partial charge >= 0.3 is 0 Å². The number of phenols is 1. The van der Waals surface area contributed by atoms with Crippen LogP contribution in [0.25, 0.3) is 0 Å². The molecule has 0 saturated heterocycles. The molecular formula is C15H23NO2. The molecule has 0 amide bonds. The molecular weight excluding hydrogens is 226 g/mol. The van der Waals surface area contributed by atoms with Crippen LogP contribution in [0, 0.1) is 11.8 Å². The van der Waals surface area contributed by atoms with Crippen LogP contribution in [-0.2, 0) is 11.3 Å². The van der Waals surface area contributed by atoms with Crippen LogP contribution in [0.3, 0.4) is 0 Å². The first kappa shape index (κ1) is 13.4. The van der Waals surface area contributed by atoms with E-state index in [0.29, 0.717) is 24.2 Å². The molecule has 0 aromatic heterocycles. The molecule has 0 radical (unpaired) electrons. The first-order valence-corrected chi connectivity index (χ1v) is 6.85. The Labute approximate surface area is 109 Å². The lowest BCUT2D eigenvalue weighted by molar-refractivity contribution is 0.0511. The summed E-state index contributed by atoms with van der Waals surface area (Å²) in [6.45, 7) is 2.14. The maximum atomic E-state index is 9.37. The van der Waals surface area contributed by atoms with Crippen molar-refractivity contribution in [2.75, 3.05) is 13.2 Å². The maximum Gasteiger partial charge on any atom is 0.115 e. The van der Waals surface area contributed by atoms with Crippen LogP contribution in [0.4, 0.5) is 0 Å². The predicted molar refractivity (Wildman–Crippen MR) is 72.3 cm³/mol. The van der Waals surface area contributed by atoms with Crippen LogP contribution < -0.4 is 5.73 Å². The summed E-state index contributed by atoms with van der Waals surface area (Å²) in [5.41, 5.74) is 6.83. The number of hydrogen-bond acceptors (Lipinski definition) is 3. The molecule has 3 heteroatoms. The van der Waals surface area contributed by atoms with E-state index in [2.05, 4.69) is 0 Å². The van der Waals surface area contributed by atoms with Gasteiger partial charge in [-0.25, -0.2) is 0 Å². The Bertz CT molecular complexity index is 367. The van der Waals surface area contributed by atoms with Crippen molar-refractivity contribution in [2.24, 2.45) is 17.6 Å². The molecule has 2 rings (SSSR count). The molecule has 3 nitrogen and oxygen atoms in total. The standard InChI is InChI=1S/C15H23NO2/c16-9-13-5-1-2-6-14(13)11-18-10-12-4-3-7-15(17)8-12/h3-4,7-8,13-14,17H,1-2,5-6,9-11,16H2. The van der Waals surface area contributed by atoms with Crippen molar-refractivity contribution in [1.82, 2.24) is 0 Å². The van der Waals surface area contributed by atoms with Crippen LogP contribution in [-0.4, -0.2) is 18.3 Å². The Hall–Kier alpha value is -1.06. The second kappa shape index (κ2) is 6.76. The average molecular weight is 249 g/mol.